The van der Waals surface area contributed by atoms with Gasteiger partial charge in [-0.1, -0.05) is 6.07 Å². The van der Waals surface area contributed by atoms with E-state index in [1.165, 1.54) is 0 Å². The Kier molecular flexibility index (Phi) is 4.74. The number of likely N-dealkylation sites (tertiary alicyclic amines) is 1. The summed E-state index contributed by atoms with van der Waals surface area (Å²) >= 11 is 1.56. The molecule has 2 saturated heterocycles. The molecule has 23 heavy (non-hydrogen) atoms. The lowest BCUT2D eigenvalue weighted by Crippen LogP contribution is -2.46. The van der Waals surface area contributed by atoms with E-state index < -0.39 is 17.8 Å². The largest absolute Gasteiger partial charge is 0.393 e. The Morgan fingerprint density at radius 3 is 2.48 bits per heavy atom. The Labute approximate surface area is 138 Å². The van der Waals surface area contributed by atoms with Crippen LogP contribution in [0.1, 0.15) is 17.7 Å². The fraction of sp³-hybridized carbons (Fsp3) is 0.533. The first kappa shape index (κ1) is 16.1. The minimum Gasteiger partial charge on any atom is -0.393 e. The van der Waals surface area contributed by atoms with Crippen molar-refractivity contribution in [1.29, 1.82) is 0 Å². The lowest BCUT2D eigenvalue weighted by atomic mass is 10.1. The summed E-state index contributed by atoms with van der Waals surface area (Å²) in [6.45, 7) is 1.56. The number of carbonyl (C=O) groups excluding carboxylic acids is 3. The molecule has 1 aromatic heterocycles. The summed E-state index contributed by atoms with van der Waals surface area (Å²) in [7, 11) is 0. The third kappa shape index (κ3) is 3.44. The van der Waals surface area contributed by atoms with E-state index in [9.17, 15) is 19.5 Å². The fourth-order valence-electron chi connectivity index (χ4n) is 2.81. The van der Waals surface area contributed by atoms with Crippen LogP contribution in [0.3, 0.4) is 0 Å². The number of piperidine rings is 1. The molecule has 0 saturated carbocycles. The maximum absolute atomic E-state index is 12.4. The van der Waals surface area contributed by atoms with Gasteiger partial charge in [0.05, 0.1) is 12.8 Å². The molecule has 3 rings (SSSR count). The van der Waals surface area contributed by atoms with Crippen LogP contribution in [0.15, 0.2) is 17.5 Å². The second-order valence-electron chi connectivity index (χ2n) is 5.79. The van der Waals surface area contributed by atoms with E-state index >= 15 is 0 Å². The average Bonchev–Trinajstić information content (AvgIpc) is 3.12. The van der Waals surface area contributed by atoms with Gasteiger partial charge in [0.25, 0.3) is 0 Å². The number of nitrogens with zero attached hydrogens (tertiary/aromatic N) is 3. The first-order valence-electron chi connectivity index (χ1n) is 7.66. The lowest BCUT2D eigenvalue weighted by molar-refractivity contribution is -0.144. The van der Waals surface area contributed by atoms with Crippen molar-refractivity contribution in [3.63, 3.8) is 0 Å². The highest BCUT2D eigenvalue weighted by atomic mass is 32.1. The van der Waals surface area contributed by atoms with Crippen molar-refractivity contribution in [1.82, 2.24) is 14.7 Å². The van der Waals surface area contributed by atoms with Crippen molar-refractivity contribution in [2.75, 3.05) is 26.3 Å². The van der Waals surface area contributed by atoms with Gasteiger partial charge < -0.3 is 5.11 Å². The monoisotopic (exact) mass is 337 g/mol. The van der Waals surface area contributed by atoms with Gasteiger partial charge in [-0.05, 0) is 24.3 Å². The van der Waals surface area contributed by atoms with Crippen LogP contribution in [-0.2, 0) is 16.0 Å². The fourth-order valence-corrected chi connectivity index (χ4v) is 3.51. The number of rotatable bonds is 5. The zero-order chi connectivity index (χ0) is 16.4. The first-order valence-corrected chi connectivity index (χ1v) is 8.54. The quantitative estimate of drug-likeness (QED) is 0.625. The van der Waals surface area contributed by atoms with Crippen molar-refractivity contribution in [2.45, 2.75) is 25.4 Å². The molecule has 1 aromatic rings. The van der Waals surface area contributed by atoms with Gasteiger partial charge in [-0.25, -0.2) is 9.69 Å². The first-order chi connectivity index (χ1) is 11.1. The lowest BCUT2D eigenvalue weighted by Gasteiger charge is -2.31. The summed E-state index contributed by atoms with van der Waals surface area (Å²) in [5.41, 5.74) is 0. The van der Waals surface area contributed by atoms with Gasteiger partial charge in [-0.3, -0.25) is 19.4 Å². The normalized spacial score (nSPS) is 20.8. The second kappa shape index (κ2) is 6.77. The number of aliphatic hydroxyl groups excluding tert-OH is 1. The zero-order valence-corrected chi connectivity index (χ0v) is 13.5. The number of urea groups is 1. The van der Waals surface area contributed by atoms with Crippen LogP contribution < -0.4 is 0 Å². The number of hydrogen-bond acceptors (Lipinski definition) is 6. The van der Waals surface area contributed by atoms with E-state index in [1.807, 2.05) is 22.4 Å². The summed E-state index contributed by atoms with van der Waals surface area (Å²) in [6, 6.07) is 3.31. The number of hydrogen-bond donors (Lipinski definition) is 1. The SMILES string of the molecule is O=C1C(=O)N(CN2CCC(O)CC2)C(=O)N1CCc1cccs1. The van der Waals surface area contributed by atoms with E-state index in [4.69, 9.17) is 0 Å². The molecular weight excluding hydrogens is 318 g/mol. The van der Waals surface area contributed by atoms with Crippen LogP contribution in [-0.4, -0.2) is 70.1 Å². The van der Waals surface area contributed by atoms with Gasteiger partial charge in [-0.2, -0.15) is 0 Å². The van der Waals surface area contributed by atoms with Crippen molar-refractivity contribution in [3.05, 3.63) is 22.4 Å². The van der Waals surface area contributed by atoms with E-state index in [0.29, 0.717) is 32.4 Å². The van der Waals surface area contributed by atoms with E-state index in [0.717, 1.165) is 14.7 Å². The third-order valence-corrected chi connectivity index (χ3v) is 5.13. The van der Waals surface area contributed by atoms with Crippen LogP contribution in [0, 0.1) is 0 Å². The number of aliphatic hydroxyl groups is 1. The molecule has 1 N–H and O–H groups in total. The average molecular weight is 337 g/mol. The number of thiophene rings is 1. The minimum atomic E-state index is -0.757. The van der Waals surface area contributed by atoms with Crippen LogP contribution in [0.2, 0.25) is 0 Å². The van der Waals surface area contributed by atoms with Gasteiger partial charge >= 0.3 is 17.8 Å². The molecule has 7 nitrogen and oxygen atoms in total. The summed E-state index contributed by atoms with van der Waals surface area (Å²) in [4.78, 5) is 41.5. The van der Waals surface area contributed by atoms with Crippen LogP contribution in [0.4, 0.5) is 4.79 Å². The van der Waals surface area contributed by atoms with Crippen molar-refractivity contribution >= 4 is 29.2 Å². The molecule has 0 spiro atoms. The predicted molar refractivity (Wildman–Crippen MR) is 83.7 cm³/mol. The maximum Gasteiger partial charge on any atom is 0.335 e. The summed E-state index contributed by atoms with van der Waals surface area (Å²) in [5, 5.41) is 11.4. The van der Waals surface area contributed by atoms with Crippen LogP contribution >= 0.6 is 11.3 Å². The van der Waals surface area contributed by atoms with Gasteiger partial charge in [-0.15, -0.1) is 11.3 Å². The Hall–Kier alpha value is -1.77. The topological polar surface area (TPSA) is 81.2 Å². The van der Waals surface area contributed by atoms with E-state index in [-0.39, 0.29) is 19.3 Å². The molecule has 0 atom stereocenters. The Balaban J connectivity index is 1.60. The van der Waals surface area contributed by atoms with E-state index in [1.54, 1.807) is 11.3 Å². The molecule has 0 radical (unpaired) electrons. The zero-order valence-electron chi connectivity index (χ0n) is 12.7. The summed E-state index contributed by atoms with van der Waals surface area (Å²) < 4.78 is 0. The highest BCUT2D eigenvalue weighted by Gasteiger charge is 2.44. The van der Waals surface area contributed by atoms with Gasteiger partial charge in [0.15, 0.2) is 0 Å². The van der Waals surface area contributed by atoms with E-state index in [2.05, 4.69) is 0 Å². The van der Waals surface area contributed by atoms with Crippen molar-refractivity contribution in [3.8, 4) is 0 Å². The minimum absolute atomic E-state index is 0.117. The highest BCUT2D eigenvalue weighted by Crippen LogP contribution is 2.17. The van der Waals surface area contributed by atoms with Gasteiger partial charge in [0, 0.05) is 30.9 Å². The molecule has 124 valence electrons. The molecule has 0 unspecified atom stereocenters. The van der Waals surface area contributed by atoms with Gasteiger partial charge in [0.2, 0.25) is 0 Å². The Morgan fingerprint density at radius 2 is 1.83 bits per heavy atom. The molecule has 0 bridgehead atoms. The van der Waals surface area contributed by atoms with Crippen molar-refractivity contribution in [2.24, 2.45) is 0 Å². The van der Waals surface area contributed by atoms with Crippen LogP contribution in [0.5, 0.6) is 0 Å². The molecular formula is C15H19N3O4S. The standard InChI is InChI=1S/C15H19N3O4S/c19-11-3-6-16(7-4-11)10-18-14(21)13(20)17(15(18)22)8-5-12-2-1-9-23-12/h1-2,9,11,19H,3-8,10H2. The summed E-state index contributed by atoms with van der Waals surface area (Å²) in [5.74, 6) is -1.50. The molecule has 3 heterocycles. The Bertz CT molecular complexity index is 596. The molecule has 2 aliphatic heterocycles. The number of carbonyl (C=O) groups is 3. The number of imide groups is 2. The van der Waals surface area contributed by atoms with Crippen LogP contribution in [0.25, 0.3) is 0 Å². The maximum atomic E-state index is 12.4. The second-order valence-corrected chi connectivity index (χ2v) is 6.82. The molecule has 2 aliphatic rings. The smallest absolute Gasteiger partial charge is 0.335 e. The molecule has 0 aliphatic carbocycles. The molecule has 0 aromatic carbocycles. The molecule has 8 heteroatoms. The molecule has 4 amide bonds. The predicted octanol–water partition coefficient (Wildman–Crippen LogP) is 0.496. The number of amides is 4. The highest BCUT2D eigenvalue weighted by molar-refractivity contribution is 7.09. The molecule has 2 fully saturated rings. The Morgan fingerprint density at radius 1 is 1.13 bits per heavy atom. The third-order valence-electron chi connectivity index (χ3n) is 4.20. The summed E-state index contributed by atoms with van der Waals surface area (Å²) in [6.07, 6.45) is 1.48. The van der Waals surface area contributed by atoms with Gasteiger partial charge in [0.1, 0.15) is 0 Å². The van der Waals surface area contributed by atoms with Crippen molar-refractivity contribution < 1.29 is 19.5 Å².